The van der Waals surface area contributed by atoms with Crippen LogP contribution in [0.25, 0.3) is 0 Å². The van der Waals surface area contributed by atoms with Crippen molar-refractivity contribution in [3.05, 3.63) is 52.9 Å². The lowest BCUT2D eigenvalue weighted by Crippen LogP contribution is -2.47. The Kier molecular flexibility index (Phi) is 4.32. The number of aromatic nitrogens is 2. The van der Waals surface area contributed by atoms with E-state index in [0.717, 1.165) is 25.2 Å². The lowest BCUT2D eigenvalue weighted by Gasteiger charge is -2.35. The van der Waals surface area contributed by atoms with Crippen LogP contribution in [0.3, 0.4) is 0 Å². The maximum Gasteiger partial charge on any atom is 0.260 e. The van der Waals surface area contributed by atoms with Crippen molar-refractivity contribution in [2.45, 2.75) is 42.9 Å². The molecule has 0 saturated heterocycles. The molecule has 3 aliphatic rings. The number of amides is 2. The molecule has 0 unspecified atom stereocenters. The van der Waals surface area contributed by atoms with E-state index in [1.165, 1.54) is 17.0 Å². The molecular formula is C21H20F4N4O2. The van der Waals surface area contributed by atoms with Crippen LogP contribution >= 0.6 is 0 Å². The molecule has 31 heavy (non-hydrogen) atoms. The standard InChI is InChI=1S/C21H18F4N4O2.H2/c22-12-7-26-19(27-8-12)28-15(30)5-6-29-10-20(9-21(20,24)25)16-14(18(29)31)4-3-13(17(16)23)11-1-2-11;/h3-4,7-8,11H,1-2,5-6,9-10H2,(H,26,27,28,30);1H/t20-;/m1./s1. The first-order chi connectivity index (χ1) is 14.7. The van der Waals surface area contributed by atoms with Crippen LogP contribution in [-0.2, 0) is 10.2 Å². The van der Waals surface area contributed by atoms with Gasteiger partial charge in [-0.15, -0.1) is 0 Å². The molecule has 1 aliphatic heterocycles. The summed E-state index contributed by atoms with van der Waals surface area (Å²) in [6, 6.07) is 2.95. The summed E-state index contributed by atoms with van der Waals surface area (Å²) >= 11 is 0. The summed E-state index contributed by atoms with van der Waals surface area (Å²) in [5, 5.41) is 2.36. The number of carbonyl (C=O) groups is 2. The van der Waals surface area contributed by atoms with E-state index in [0.29, 0.717) is 5.56 Å². The number of nitrogens with one attached hydrogen (secondary N) is 1. The largest absolute Gasteiger partial charge is 0.337 e. The molecule has 1 aromatic heterocycles. The van der Waals surface area contributed by atoms with Gasteiger partial charge in [-0.05, 0) is 30.4 Å². The molecular weight excluding hydrogens is 416 g/mol. The third-order valence-corrected chi connectivity index (χ3v) is 6.23. The monoisotopic (exact) mass is 436 g/mol. The first-order valence-electron chi connectivity index (χ1n) is 9.99. The van der Waals surface area contributed by atoms with Crippen LogP contribution < -0.4 is 5.32 Å². The van der Waals surface area contributed by atoms with E-state index in [1.54, 1.807) is 0 Å². The molecule has 2 aromatic rings. The van der Waals surface area contributed by atoms with Crippen molar-refractivity contribution in [3.63, 3.8) is 0 Å². The predicted molar refractivity (Wildman–Crippen MR) is 103 cm³/mol. The second-order valence-electron chi connectivity index (χ2n) is 8.38. The van der Waals surface area contributed by atoms with Crippen LogP contribution in [-0.4, -0.2) is 45.7 Å². The molecule has 164 valence electrons. The van der Waals surface area contributed by atoms with Crippen molar-refractivity contribution in [1.82, 2.24) is 14.9 Å². The number of carbonyl (C=O) groups excluding carboxylic acids is 2. The summed E-state index contributed by atoms with van der Waals surface area (Å²) in [6.45, 7) is -0.480. The summed E-state index contributed by atoms with van der Waals surface area (Å²) in [5.41, 5.74) is -1.58. The first-order valence-corrected chi connectivity index (χ1v) is 9.99. The number of alkyl halides is 2. The van der Waals surface area contributed by atoms with E-state index < -0.39 is 41.2 Å². The van der Waals surface area contributed by atoms with Crippen molar-refractivity contribution in [2.75, 3.05) is 18.4 Å². The summed E-state index contributed by atoms with van der Waals surface area (Å²) < 4.78 is 57.0. The molecule has 5 rings (SSSR count). The Labute approximate surface area is 176 Å². The van der Waals surface area contributed by atoms with Gasteiger partial charge in [-0.1, -0.05) is 6.07 Å². The van der Waals surface area contributed by atoms with Crippen molar-refractivity contribution >= 4 is 17.8 Å². The van der Waals surface area contributed by atoms with Gasteiger partial charge in [0.15, 0.2) is 5.82 Å². The SMILES string of the molecule is O=C(CCN1C[C@]2(CC2(F)F)c2c(ccc(C3CC3)c2F)C1=O)Nc1ncc(F)cn1.[HH]. The molecule has 2 aliphatic carbocycles. The summed E-state index contributed by atoms with van der Waals surface area (Å²) in [4.78, 5) is 33.4. The topological polar surface area (TPSA) is 75.2 Å². The Morgan fingerprint density at radius 3 is 2.52 bits per heavy atom. The summed E-state index contributed by atoms with van der Waals surface area (Å²) in [6.07, 6.45) is 2.66. The quantitative estimate of drug-likeness (QED) is 0.727. The van der Waals surface area contributed by atoms with Gasteiger partial charge in [0.05, 0.1) is 17.8 Å². The number of hydrogen-bond acceptors (Lipinski definition) is 4. The van der Waals surface area contributed by atoms with E-state index in [2.05, 4.69) is 15.3 Å². The number of nitrogens with zero attached hydrogens (tertiary/aromatic N) is 3. The molecule has 1 atom stereocenters. The van der Waals surface area contributed by atoms with Crippen LogP contribution in [0, 0.1) is 11.6 Å². The molecule has 2 fully saturated rings. The highest BCUT2D eigenvalue weighted by Crippen LogP contribution is 2.65. The number of hydrogen-bond donors (Lipinski definition) is 1. The Morgan fingerprint density at radius 2 is 1.90 bits per heavy atom. The van der Waals surface area contributed by atoms with Gasteiger partial charge in [0, 0.05) is 38.5 Å². The van der Waals surface area contributed by atoms with Crippen molar-refractivity contribution in [1.29, 1.82) is 0 Å². The molecule has 2 heterocycles. The van der Waals surface area contributed by atoms with Crippen LogP contribution in [0.5, 0.6) is 0 Å². The predicted octanol–water partition coefficient (Wildman–Crippen LogP) is 3.64. The van der Waals surface area contributed by atoms with E-state index in [4.69, 9.17) is 0 Å². The number of benzene rings is 1. The number of anilines is 1. The first kappa shape index (κ1) is 19.9. The zero-order valence-corrected chi connectivity index (χ0v) is 16.3. The normalized spacial score (nSPS) is 23.6. The summed E-state index contributed by atoms with van der Waals surface area (Å²) in [5.74, 6) is -5.68. The number of halogens is 4. The maximum atomic E-state index is 15.2. The van der Waals surface area contributed by atoms with Gasteiger partial charge in [-0.25, -0.2) is 27.5 Å². The molecule has 2 saturated carbocycles. The summed E-state index contributed by atoms with van der Waals surface area (Å²) in [7, 11) is 0. The zero-order valence-electron chi connectivity index (χ0n) is 16.3. The van der Waals surface area contributed by atoms with Gasteiger partial charge >= 0.3 is 0 Å². The second kappa shape index (κ2) is 6.73. The van der Waals surface area contributed by atoms with E-state index in [-0.39, 0.29) is 43.9 Å². The smallest absolute Gasteiger partial charge is 0.260 e. The van der Waals surface area contributed by atoms with Gasteiger partial charge in [0.1, 0.15) is 5.82 Å². The molecule has 0 bridgehead atoms. The van der Waals surface area contributed by atoms with Crippen LogP contribution in [0.1, 0.15) is 54.5 Å². The van der Waals surface area contributed by atoms with Gasteiger partial charge in [0.25, 0.3) is 11.8 Å². The van der Waals surface area contributed by atoms with Crippen LogP contribution in [0.4, 0.5) is 23.5 Å². The van der Waals surface area contributed by atoms with Crippen molar-refractivity contribution in [2.24, 2.45) is 0 Å². The minimum absolute atomic E-state index is 0. The Balaban J connectivity index is 0.00000245. The van der Waals surface area contributed by atoms with Gasteiger partial charge in [0.2, 0.25) is 11.9 Å². The number of fused-ring (bicyclic) bond motifs is 2. The molecule has 0 radical (unpaired) electrons. The average molecular weight is 436 g/mol. The van der Waals surface area contributed by atoms with E-state index in [9.17, 15) is 22.8 Å². The zero-order chi connectivity index (χ0) is 22.0. The molecule has 10 heteroatoms. The molecule has 1 N–H and O–H groups in total. The lowest BCUT2D eigenvalue weighted by atomic mass is 9.83. The van der Waals surface area contributed by atoms with Crippen molar-refractivity contribution in [3.8, 4) is 0 Å². The van der Waals surface area contributed by atoms with Gasteiger partial charge in [-0.2, -0.15) is 0 Å². The third kappa shape index (κ3) is 3.24. The second-order valence-corrected chi connectivity index (χ2v) is 8.38. The fraction of sp³-hybridized carbons (Fsp3) is 0.429. The highest BCUT2D eigenvalue weighted by molar-refractivity contribution is 5.99. The Hall–Kier alpha value is -3.04. The van der Waals surface area contributed by atoms with E-state index >= 15 is 4.39 Å². The fourth-order valence-electron chi connectivity index (χ4n) is 4.35. The molecule has 1 spiro atoms. The Bertz CT molecular complexity index is 1090. The maximum absolute atomic E-state index is 15.2. The average Bonchev–Trinajstić information content (AvgIpc) is 3.63. The minimum atomic E-state index is -3.12. The molecule has 6 nitrogen and oxygen atoms in total. The molecule has 1 aromatic carbocycles. The van der Waals surface area contributed by atoms with E-state index in [1.807, 2.05) is 0 Å². The highest BCUT2D eigenvalue weighted by Gasteiger charge is 2.75. The third-order valence-electron chi connectivity index (χ3n) is 6.23. The number of rotatable bonds is 5. The van der Waals surface area contributed by atoms with Gasteiger partial charge in [-0.3, -0.25) is 14.9 Å². The van der Waals surface area contributed by atoms with Crippen LogP contribution in [0.15, 0.2) is 24.5 Å². The minimum Gasteiger partial charge on any atom is -0.337 e. The fourth-order valence-corrected chi connectivity index (χ4v) is 4.35. The highest BCUT2D eigenvalue weighted by atomic mass is 19.3. The van der Waals surface area contributed by atoms with Crippen molar-refractivity contribution < 1.29 is 28.6 Å². The Morgan fingerprint density at radius 1 is 1.23 bits per heavy atom. The van der Waals surface area contributed by atoms with Crippen LogP contribution in [0.2, 0.25) is 0 Å². The molecule has 2 amide bonds. The van der Waals surface area contributed by atoms with Gasteiger partial charge < -0.3 is 4.90 Å². The lowest BCUT2D eigenvalue weighted by molar-refractivity contribution is -0.116.